The fraction of sp³-hybridized carbons (Fsp3) is 0.579. The van der Waals surface area contributed by atoms with E-state index in [-0.39, 0.29) is 17.9 Å². The van der Waals surface area contributed by atoms with Crippen molar-refractivity contribution < 1.29 is 9.59 Å². The van der Waals surface area contributed by atoms with Crippen LogP contribution in [0.15, 0.2) is 24.3 Å². The van der Waals surface area contributed by atoms with Crippen molar-refractivity contribution >= 4 is 11.8 Å². The van der Waals surface area contributed by atoms with Crippen LogP contribution in [0.1, 0.15) is 64.6 Å². The summed E-state index contributed by atoms with van der Waals surface area (Å²) in [6.07, 6.45) is 0. The van der Waals surface area contributed by atoms with Gasteiger partial charge in [0, 0.05) is 18.0 Å². The molecule has 2 unspecified atom stereocenters. The highest BCUT2D eigenvalue weighted by Gasteiger charge is 2.25. The first-order valence-electron chi connectivity index (χ1n) is 8.46. The molecule has 0 aliphatic carbocycles. The molecule has 0 radical (unpaired) electrons. The molecule has 5 heteroatoms. The number of hydrogen-bond donors (Lipinski definition) is 3. The molecule has 0 aromatic heterocycles. The standard InChI is InChI=1S/C19H31N3O2/c1-12(2)14-7-9-15(10-8-14)16(20)11-21-17(23)13(3)22-18(24)19(4,5)6/h7-10,12-13,16H,11,20H2,1-6H3,(H,21,23)(H,22,24). The molecule has 5 nitrogen and oxygen atoms in total. The average Bonchev–Trinajstić information content (AvgIpc) is 2.51. The number of carbonyl (C=O) groups excluding carboxylic acids is 2. The number of rotatable bonds is 6. The Balaban J connectivity index is 2.52. The van der Waals surface area contributed by atoms with Crippen molar-refractivity contribution in [2.45, 2.75) is 59.5 Å². The number of hydrogen-bond acceptors (Lipinski definition) is 3. The summed E-state index contributed by atoms with van der Waals surface area (Å²) in [5.74, 6) is 0.0860. The summed E-state index contributed by atoms with van der Waals surface area (Å²) >= 11 is 0. The Labute approximate surface area is 145 Å². The van der Waals surface area contributed by atoms with E-state index in [1.165, 1.54) is 5.56 Å². The summed E-state index contributed by atoms with van der Waals surface area (Å²) in [5.41, 5.74) is 7.85. The van der Waals surface area contributed by atoms with E-state index in [9.17, 15) is 9.59 Å². The second-order valence-corrected chi connectivity index (χ2v) is 7.62. The Morgan fingerprint density at radius 1 is 1.04 bits per heavy atom. The third kappa shape index (κ3) is 5.96. The van der Waals surface area contributed by atoms with Crippen molar-refractivity contribution in [3.05, 3.63) is 35.4 Å². The van der Waals surface area contributed by atoms with Gasteiger partial charge in [-0.2, -0.15) is 0 Å². The largest absolute Gasteiger partial charge is 0.352 e. The first-order valence-corrected chi connectivity index (χ1v) is 8.46. The zero-order chi connectivity index (χ0) is 18.5. The third-order valence-corrected chi connectivity index (χ3v) is 3.95. The Morgan fingerprint density at radius 3 is 2.00 bits per heavy atom. The summed E-state index contributed by atoms with van der Waals surface area (Å²) in [6.45, 7) is 11.7. The fourth-order valence-corrected chi connectivity index (χ4v) is 2.09. The Bertz CT molecular complexity index is 559. The van der Waals surface area contributed by atoms with Crippen molar-refractivity contribution in [3.63, 3.8) is 0 Å². The van der Waals surface area contributed by atoms with Gasteiger partial charge in [-0.1, -0.05) is 58.9 Å². The lowest BCUT2D eigenvalue weighted by molar-refractivity contribution is -0.133. The molecule has 0 heterocycles. The Hall–Kier alpha value is -1.88. The van der Waals surface area contributed by atoms with Gasteiger partial charge in [-0.25, -0.2) is 0 Å². The summed E-state index contributed by atoms with van der Waals surface area (Å²) < 4.78 is 0. The van der Waals surface area contributed by atoms with Crippen LogP contribution in [-0.4, -0.2) is 24.4 Å². The topological polar surface area (TPSA) is 84.2 Å². The quantitative estimate of drug-likeness (QED) is 0.748. The molecular weight excluding hydrogens is 302 g/mol. The highest BCUT2D eigenvalue weighted by Crippen LogP contribution is 2.17. The SMILES string of the molecule is CC(NC(=O)C(C)(C)C)C(=O)NCC(N)c1ccc(C(C)C)cc1. The van der Waals surface area contributed by atoms with Crippen LogP contribution in [0.2, 0.25) is 0 Å². The van der Waals surface area contributed by atoms with Gasteiger partial charge in [0.1, 0.15) is 6.04 Å². The number of amides is 2. The van der Waals surface area contributed by atoms with Gasteiger partial charge in [0.2, 0.25) is 11.8 Å². The number of nitrogens with two attached hydrogens (primary N) is 1. The maximum Gasteiger partial charge on any atom is 0.242 e. The summed E-state index contributed by atoms with van der Waals surface area (Å²) in [6, 6.07) is 7.25. The van der Waals surface area contributed by atoms with Crippen LogP contribution < -0.4 is 16.4 Å². The lowest BCUT2D eigenvalue weighted by Crippen LogP contribution is -2.49. The molecule has 0 spiro atoms. The number of nitrogens with one attached hydrogen (secondary N) is 2. The highest BCUT2D eigenvalue weighted by atomic mass is 16.2. The van der Waals surface area contributed by atoms with Crippen molar-refractivity contribution in [3.8, 4) is 0 Å². The molecule has 24 heavy (non-hydrogen) atoms. The molecule has 0 saturated heterocycles. The Morgan fingerprint density at radius 2 is 1.54 bits per heavy atom. The molecule has 134 valence electrons. The van der Waals surface area contributed by atoms with Crippen LogP contribution >= 0.6 is 0 Å². The molecule has 2 amide bonds. The van der Waals surface area contributed by atoms with Gasteiger partial charge in [-0.3, -0.25) is 9.59 Å². The first kappa shape index (κ1) is 20.2. The zero-order valence-corrected chi connectivity index (χ0v) is 15.6. The van der Waals surface area contributed by atoms with E-state index >= 15 is 0 Å². The molecule has 0 aliphatic rings. The molecule has 0 fully saturated rings. The molecular formula is C19H31N3O2. The first-order chi connectivity index (χ1) is 11.0. The lowest BCUT2D eigenvalue weighted by atomic mass is 9.95. The van der Waals surface area contributed by atoms with E-state index in [1.54, 1.807) is 6.92 Å². The highest BCUT2D eigenvalue weighted by molar-refractivity contribution is 5.89. The molecule has 0 bridgehead atoms. The predicted molar refractivity (Wildman–Crippen MR) is 97.5 cm³/mol. The zero-order valence-electron chi connectivity index (χ0n) is 15.6. The second-order valence-electron chi connectivity index (χ2n) is 7.62. The predicted octanol–water partition coefficient (Wildman–Crippen LogP) is 2.48. The maximum atomic E-state index is 12.1. The van der Waals surface area contributed by atoms with Crippen LogP contribution in [0.25, 0.3) is 0 Å². The minimum Gasteiger partial charge on any atom is -0.352 e. The molecule has 4 N–H and O–H groups in total. The fourth-order valence-electron chi connectivity index (χ4n) is 2.09. The summed E-state index contributed by atoms with van der Waals surface area (Å²) in [7, 11) is 0. The number of carbonyl (C=O) groups is 2. The normalized spacial score (nSPS) is 14.2. The van der Waals surface area contributed by atoms with Crippen molar-refractivity contribution in [2.24, 2.45) is 11.1 Å². The van der Waals surface area contributed by atoms with Gasteiger partial charge in [-0.15, -0.1) is 0 Å². The van der Waals surface area contributed by atoms with Gasteiger partial charge < -0.3 is 16.4 Å². The van der Waals surface area contributed by atoms with Gasteiger partial charge in [-0.05, 0) is 24.0 Å². The molecule has 0 saturated carbocycles. The van der Waals surface area contributed by atoms with E-state index < -0.39 is 11.5 Å². The molecule has 2 atom stereocenters. The third-order valence-electron chi connectivity index (χ3n) is 3.95. The van der Waals surface area contributed by atoms with Gasteiger partial charge in [0.25, 0.3) is 0 Å². The van der Waals surface area contributed by atoms with Gasteiger partial charge >= 0.3 is 0 Å². The second kappa shape index (κ2) is 8.29. The molecule has 1 aromatic rings. The Kier molecular flexibility index (Phi) is 6.96. The van der Waals surface area contributed by atoms with Crippen LogP contribution in [0.5, 0.6) is 0 Å². The minimum atomic E-state index is -0.591. The summed E-state index contributed by atoms with van der Waals surface area (Å²) in [5, 5.41) is 5.51. The van der Waals surface area contributed by atoms with Gasteiger partial charge in [0.15, 0.2) is 0 Å². The van der Waals surface area contributed by atoms with E-state index in [4.69, 9.17) is 5.73 Å². The minimum absolute atomic E-state index is 0.154. The summed E-state index contributed by atoms with van der Waals surface area (Å²) in [4.78, 5) is 24.0. The van der Waals surface area contributed by atoms with Crippen LogP contribution in [-0.2, 0) is 9.59 Å². The van der Waals surface area contributed by atoms with Crippen LogP contribution in [0, 0.1) is 5.41 Å². The van der Waals surface area contributed by atoms with Gasteiger partial charge in [0.05, 0.1) is 0 Å². The van der Waals surface area contributed by atoms with Crippen molar-refractivity contribution in [2.75, 3.05) is 6.54 Å². The smallest absolute Gasteiger partial charge is 0.242 e. The molecule has 1 aromatic carbocycles. The van der Waals surface area contributed by atoms with Crippen LogP contribution in [0.4, 0.5) is 0 Å². The van der Waals surface area contributed by atoms with Crippen molar-refractivity contribution in [1.82, 2.24) is 10.6 Å². The van der Waals surface area contributed by atoms with E-state index in [2.05, 4.69) is 36.6 Å². The maximum absolute atomic E-state index is 12.1. The molecule has 0 aliphatic heterocycles. The lowest BCUT2D eigenvalue weighted by Gasteiger charge is -2.22. The molecule has 1 rings (SSSR count). The van der Waals surface area contributed by atoms with E-state index in [0.717, 1.165) is 5.56 Å². The monoisotopic (exact) mass is 333 g/mol. The average molecular weight is 333 g/mol. The number of benzene rings is 1. The van der Waals surface area contributed by atoms with Crippen LogP contribution in [0.3, 0.4) is 0 Å². The van der Waals surface area contributed by atoms with E-state index in [0.29, 0.717) is 12.5 Å². The van der Waals surface area contributed by atoms with E-state index in [1.807, 2.05) is 32.9 Å². The van der Waals surface area contributed by atoms with Crippen molar-refractivity contribution in [1.29, 1.82) is 0 Å².